The maximum Gasteiger partial charge on any atom is 0.328 e. The summed E-state index contributed by atoms with van der Waals surface area (Å²) in [5.74, 6) is -4.89. The van der Waals surface area contributed by atoms with E-state index in [0.29, 0.717) is 21.7 Å². The molecule has 14 heteroatoms. The van der Waals surface area contributed by atoms with Crippen LogP contribution in [0, 0.1) is 11.8 Å². The maximum atomic E-state index is 15.1. The van der Waals surface area contributed by atoms with Crippen LogP contribution in [-0.2, 0) is 42.3 Å². The summed E-state index contributed by atoms with van der Waals surface area (Å²) in [5, 5.41) is 18.4. The number of carboxylic acid groups (broad SMARTS) is 2. The summed E-state index contributed by atoms with van der Waals surface area (Å²) in [6, 6.07) is 8.35. The predicted molar refractivity (Wildman–Crippen MR) is 129 cm³/mol. The van der Waals surface area contributed by atoms with Crippen LogP contribution in [0.25, 0.3) is 11.3 Å². The largest absolute Gasteiger partial charge is 0.478 e. The van der Waals surface area contributed by atoms with E-state index in [4.69, 9.17) is 14.9 Å². The van der Waals surface area contributed by atoms with Crippen LogP contribution in [0.2, 0.25) is 0 Å². The minimum atomic E-state index is -4.30. The number of carbonyl (C=O) groups excluding carboxylic acids is 1. The van der Waals surface area contributed by atoms with Gasteiger partial charge in [-0.3, -0.25) is 4.79 Å². The highest BCUT2D eigenvalue weighted by molar-refractivity contribution is 7.90. The van der Waals surface area contributed by atoms with Gasteiger partial charge in [0, 0.05) is 43.6 Å². The molecule has 0 unspecified atom stereocenters. The number of halogens is 2. The quantitative estimate of drug-likeness (QED) is 0.204. The van der Waals surface area contributed by atoms with Crippen molar-refractivity contribution in [2.24, 2.45) is 0 Å². The fourth-order valence-corrected chi connectivity index (χ4v) is 4.51. The Kier molecular flexibility index (Phi) is 10.4. The molecule has 202 valence electrons. The molecule has 0 spiro atoms. The van der Waals surface area contributed by atoms with E-state index in [0.717, 1.165) is 6.20 Å². The third-order valence-corrected chi connectivity index (χ3v) is 6.29. The lowest BCUT2D eigenvalue weighted by molar-refractivity contribution is -0.142. The number of pyridine rings is 1. The zero-order valence-electron chi connectivity index (χ0n) is 20.1. The third-order valence-electron chi connectivity index (χ3n) is 4.63. The fraction of sp³-hybridized carbons (Fsp3) is 0.167. The normalized spacial score (nSPS) is 11.1. The van der Waals surface area contributed by atoms with E-state index in [9.17, 15) is 27.2 Å². The number of ether oxygens (including phenoxy) is 1. The van der Waals surface area contributed by atoms with Crippen molar-refractivity contribution in [3.63, 3.8) is 0 Å². The molecule has 0 atom stereocenters. The van der Waals surface area contributed by atoms with Gasteiger partial charge in [0.15, 0.2) is 5.82 Å². The standard InChI is InChI=1S/C20H19F2N3O4S.C4H4O4/c1-13(26)29-12-14-5-3-6-16(9-14)30(27,28)25-11-15(10-23-2)18(21)19(25)17-7-4-8-24-20(17)22;5-3(6)1-2-4(7)8/h3-9,11,23H,10,12H2,1-2H3;1-2H,(H,5,6)(H,7,8). The highest BCUT2D eigenvalue weighted by Crippen LogP contribution is 2.32. The van der Waals surface area contributed by atoms with Gasteiger partial charge in [0.25, 0.3) is 10.0 Å². The predicted octanol–water partition coefficient (Wildman–Crippen LogP) is 2.56. The van der Waals surface area contributed by atoms with Crippen LogP contribution in [0.3, 0.4) is 0 Å². The molecule has 2 heterocycles. The molecule has 0 saturated heterocycles. The highest BCUT2D eigenvalue weighted by atomic mass is 32.2. The van der Waals surface area contributed by atoms with E-state index >= 15 is 4.39 Å². The second kappa shape index (κ2) is 13.2. The number of carboxylic acids is 2. The number of nitrogens with one attached hydrogen (secondary N) is 1. The number of rotatable bonds is 9. The number of nitrogens with zero attached hydrogens (tertiary/aromatic N) is 2. The molecule has 38 heavy (non-hydrogen) atoms. The number of esters is 1. The van der Waals surface area contributed by atoms with Gasteiger partial charge in [-0.1, -0.05) is 12.1 Å². The summed E-state index contributed by atoms with van der Waals surface area (Å²) in [7, 11) is -2.72. The molecule has 1 aromatic carbocycles. The van der Waals surface area contributed by atoms with Gasteiger partial charge < -0.3 is 20.3 Å². The molecule has 0 aliphatic rings. The molecule has 0 amide bonds. The zero-order valence-corrected chi connectivity index (χ0v) is 20.9. The van der Waals surface area contributed by atoms with Gasteiger partial charge in [0.1, 0.15) is 12.3 Å². The Hall–Kier alpha value is -4.43. The van der Waals surface area contributed by atoms with E-state index in [2.05, 4.69) is 10.3 Å². The number of aromatic nitrogens is 2. The van der Waals surface area contributed by atoms with Crippen LogP contribution >= 0.6 is 0 Å². The molecule has 3 aromatic rings. The molecule has 0 saturated carbocycles. The first-order chi connectivity index (χ1) is 17.9. The number of aliphatic carboxylic acids is 2. The topological polar surface area (TPSA) is 165 Å². The molecule has 11 nitrogen and oxygen atoms in total. The van der Waals surface area contributed by atoms with Crippen LogP contribution in [0.1, 0.15) is 18.1 Å². The lowest BCUT2D eigenvalue weighted by Crippen LogP contribution is -2.14. The molecular formula is C24H23F2N3O8S. The van der Waals surface area contributed by atoms with E-state index in [1.165, 1.54) is 43.5 Å². The Balaban J connectivity index is 0.000000550. The average molecular weight is 552 g/mol. The first-order valence-electron chi connectivity index (χ1n) is 10.7. The molecule has 0 fully saturated rings. The number of benzene rings is 1. The molecule has 3 N–H and O–H groups in total. The van der Waals surface area contributed by atoms with Gasteiger partial charge in [0.2, 0.25) is 5.95 Å². The van der Waals surface area contributed by atoms with Crippen molar-refractivity contribution in [3.05, 3.63) is 83.8 Å². The van der Waals surface area contributed by atoms with Gasteiger partial charge >= 0.3 is 17.9 Å². The third kappa shape index (κ3) is 7.78. The minimum Gasteiger partial charge on any atom is -0.478 e. The molecular weight excluding hydrogens is 528 g/mol. The SMILES string of the molecule is CNCc1cn(S(=O)(=O)c2cccc(COC(C)=O)c2)c(-c2cccnc2F)c1F.O=C(O)C=CC(=O)O. The van der Waals surface area contributed by atoms with E-state index in [-0.39, 0.29) is 29.2 Å². The monoisotopic (exact) mass is 551 g/mol. The second-order valence-corrected chi connectivity index (χ2v) is 9.24. The zero-order chi connectivity index (χ0) is 28.5. The molecule has 0 aliphatic heterocycles. The fourth-order valence-electron chi connectivity index (χ4n) is 3.05. The van der Waals surface area contributed by atoms with E-state index in [1.807, 2.05) is 0 Å². The Morgan fingerprint density at radius 1 is 1.11 bits per heavy atom. The number of hydrogen-bond acceptors (Lipinski definition) is 8. The molecule has 2 aromatic heterocycles. The van der Waals surface area contributed by atoms with Crippen molar-refractivity contribution in [2.45, 2.75) is 25.0 Å². The van der Waals surface area contributed by atoms with Crippen LogP contribution < -0.4 is 5.32 Å². The summed E-state index contributed by atoms with van der Waals surface area (Å²) in [5.41, 5.74) is -0.243. The van der Waals surface area contributed by atoms with Gasteiger partial charge in [0.05, 0.1) is 10.5 Å². The van der Waals surface area contributed by atoms with Gasteiger partial charge in [-0.05, 0) is 36.9 Å². The smallest absolute Gasteiger partial charge is 0.328 e. The summed E-state index contributed by atoms with van der Waals surface area (Å²) in [6.45, 7) is 1.16. The first-order valence-corrected chi connectivity index (χ1v) is 12.1. The van der Waals surface area contributed by atoms with Crippen molar-refractivity contribution >= 4 is 27.9 Å². The van der Waals surface area contributed by atoms with E-state index < -0.39 is 45.4 Å². The summed E-state index contributed by atoms with van der Waals surface area (Å²) in [4.78, 5) is 33.5. The van der Waals surface area contributed by atoms with Gasteiger partial charge in [-0.25, -0.2) is 31.4 Å². The lowest BCUT2D eigenvalue weighted by Gasteiger charge is -2.12. The number of carbonyl (C=O) groups is 3. The highest BCUT2D eigenvalue weighted by Gasteiger charge is 2.28. The van der Waals surface area contributed by atoms with E-state index in [1.54, 1.807) is 13.1 Å². The molecule has 0 radical (unpaired) electrons. The lowest BCUT2D eigenvalue weighted by atomic mass is 10.2. The summed E-state index contributed by atoms with van der Waals surface area (Å²) >= 11 is 0. The number of hydrogen-bond donors (Lipinski definition) is 3. The minimum absolute atomic E-state index is 0.0374. The Bertz CT molecular complexity index is 1450. The first kappa shape index (κ1) is 29.8. The van der Waals surface area contributed by atoms with Gasteiger partial charge in [-0.2, -0.15) is 4.39 Å². The van der Waals surface area contributed by atoms with Crippen LogP contribution in [-0.4, -0.2) is 52.5 Å². The van der Waals surface area contributed by atoms with Gasteiger partial charge in [-0.15, -0.1) is 0 Å². The van der Waals surface area contributed by atoms with Crippen LogP contribution in [0.4, 0.5) is 8.78 Å². The van der Waals surface area contributed by atoms with Crippen molar-refractivity contribution < 1.29 is 46.5 Å². The second-order valence-electron chi connectivity index (χ2n) is 7.43. The average Bonchev–Trinajstić information content (AvgIpc) is 3.19. The van der Waals surface area contributed by atoms with Crippen molar-refractivity contribution in [2.75, 3.05) is 7.05 Å². The summed E-state index contributed by atoms with van der Waals surface area (Å²) < 4.78 is 61.7. The van der Waals surface area contributed by atoms with Crippen molar-refractivity contribution in [1.29, 1.82) is 0 Å². The Labute approximate surface area is 216 Å². The Morgan fingerprint density at radius 3 is 2.32 bits per heavy atom. The van der Waals surface area contributed by atoms with Crippen molar-refractivity contribution in [3.8, 4) is 11.3 Å². The molecule has 0 aliphatic carbocycles. The summed E-state index contributed by atoms with van der Waals surface area (Å²) in [6.07, 6.45) is 3.41. The maximum absolute atomic E-state index is 15.1. The molecule has 0 bridgehead atoms. The molecule has 3 rings (SSSR count). The van der Waals surface area contributed by atoms with Crippen LogP contribution in [0.15, 0.2) is 65.8 Å². The van der Waals surface area contributed by atoms with Crippen LogP contribution in [0.5, 0.6) is 0 Å². The van der Waals surface area contributed by atoms with Crippen molar-refractivity contribution in [1.82, 2.24) is 14.3 Å². The Morgan fingerprint density at radius 2 is 1.76 bits per heavy atom.